The highest BCUT2D eigenvalue weighted by Crippen LogP contribution is 2.36. The van der Waals surface area contributed by atoms with Crippen LogP contribution >= 0.6 is 0 Å². The van der Waals surface area contributed by atoms with Crippen LogP contribution in [0.1, 0.15) is 31.2 Å². The number of hydrogen-bond donors (Lipinski definition) is 1. The Kier molecular flexibility index (Phi) is 5.40. The predicted molar refractivity (Wildman–Crippen MR) is 111 cm³/mol. The van der Waals surface area contributed by atoms with Crippen molar-refractivity contribution in [1.82, 2.24) is 10.2 Å². The Hall–Kier alpha value is -2.39. The second kappa shape index (κ2) is 8.10. The number of benzene rings is 2. The van der Waals surface area contributed by atoms with E-state index >= 15 is 0 Å². The molecule has 4 rings (SSSR count). The predicted octanol–water partition coefficient (Wildman–Crippen LogP) is 4.36. The first-order valence-electron chi connectivity index (χ1n) is 10.1. The van der Waals surface area contributed by atoms with Gasteiger partial charge in [0.05, 0.1) is 0 Å². The van der Waals surface area contributed by atoms with Gasteiger partial charge in [0.25, 0.3) is 0 Å². The van der Waals surface area contributed by atoms with Gasteiger partial charge in [-0.05, 0) is 55.0 Å². The highest BCUT2D eigenvalue weighted by atomic mass is 16.2. The van der Waals surface area contributed by atoms with E-state index in [4.69, 9.17) is 0 Å². The quantitative estimate of drug-likeness (QED) is 0.825. The lowest BCUT2D eigenvalue weighted by Gasteiger charge is -2.45. The summed E-state index contributed by atoms with van der Waals surface area (Å²) in [6.07, 6.45) is 8.52. The average Bonchev–Trinajstić information content (AvgIpc) is 2.74. The van der Waals surface area contributed by atoms with E-state index in [0.717, 1.165) is 38.2 Å². The van der Waals surface area contributed by atoms with E-state index in [1.165, 1.54) is 30.4 Å². The number of hydrogen-bond acceptors (Lipinski definition) is 2. The van der Waals surface area contributed by atoms with Crippen LogP contribution in [0.5, 0.6) is 0 Å². The summed E-state index contributed by atoms with van der Waals surface area (Å²) < 4.78 is 0. The Morgan fingerprint density at radius 3 is 2.44 bits per heavy atom. The molecule has 140 valence electrons. The lowest BCUT2D eigenvalue weighted by molar-refractivity contribution is -0.129. The van der Waals surface area contributed by atoms with Crippen molar-refractivity contribution in [2.24, 2.45) is 5.41 Å². The van der Waals surface area contributed by atoms with Crippen LogP contribution in [-0.4, -0.2) is 37.0 Å². The summed E-state index contributed by atoms with van der Waals surface area (Å²) in [4.78, 5) is 14.8. The number of rotatable bonds is 3. The van der Waals surface area contributed by atoms with Crippen LogP contribution in [0.4, 0.5) is 0 Å². The SMILES string of the molecule is O=C(/C=C/c1ccc(-c2ccccc2)cc1)N1CCCC2(CCCNC2)C1. The van der Waals surface area contributed by atoms with Gasteiger partial charge >= 0.3 is 0 Å². The molecular weight excluding hydrogens is 332 g/mol. The molecule has 0 radical (unpaired) electrons. The van der Waals surface area contributed by atoms with Crippen LogP contribution in [0.15, 0.2) is 60.7 Å². The zero-order valence-corrected chi connectivity index (χ0v) is 15.9. The fourth-order valence-corrected chi connectivity index (χ4v) is 4.46. The van der Waals surface area contributed by atoms with Crippen LogP contribution in [0.2, 0.25) is 0 Å². The van der Waals surface area contributed by atoms with Crippen molar-refractivity contribution < 1.29 is 4.79 Å². The molecule has 3 nitrogen and oxygen atoms in total. The molecule has 2 aromatic rings. The summed E-state index contributed by atoms with van der Waals surface area (Å²) in [7, 11) is 0. The van der Waals surface area contributed by atoms with Gasteiger partial charge < -0.3 is 10.2 Å². The fraction of sp³-hybridized carbons (Fsp3) is 0.375. The zero-order chi connectivity index (χ0) is 18.5. The first-order valence-corrected chi connectivity index (χ1v) is 10.1. The number of nitrogens with zero attached hydrogens (tertiary/aromatic N) is 1. The Morgan fingerprint density at radius 1 is 0.963 bits per heavy atom. The van der Waals surface area contributed by atoms with Crippen LogP contribution in [0.25, 0.3) is 17.2 Å². The number of piperidine rings is 2. The van der Waals surface area contributed by atoms with Crippen LogP contribution in [-0.2, 0) is 4.79 Å². The van der Waals surface area contributed by atoms with Crippen LogP contribution in [0.3, 0.4) is 0 Å². The standard InChI is InChI=1S/C24H28N2O/c27-23(26-17-5-15-24(19-26)14-4-16-25-18-24)13-10-20-8-11-22(12-9-20)21-6-2-1-3-7-21/h1-3,6-13,25H,4-5,14-19H2/b13-10+. The molecule has 3 heteroatoms. The second-order valence-electron chi connectivity index (χ2n) is 7.97. The van der Waals surface area contributed by atoms with E-state index in [0.29, 0.717) is 5.41 Å². The number of carbonyl (C=O) groups is 1. The first kappa shape index (κ1) is 18.0. The second-order valence-corrected chi connectivity index (χ2v) is 7.97. The molecule has 1 N–H and O–H groups in total. The third kappa shape index (κ3) is 4.30. The molecule has 2 aliphatic rings. The van der Waals surface area contributed by atoms with Crippen LogP contribution in [0, 0.1) is 5.41 Å². The van der Waals surface area contributed by atoms with Crippen molar-refractivity contribution in [3.8, 4) is 11.1 Å². The Morgan fingerprint density at radius 2 is 1.70 bits per heavy atom. The monoisotopic (exact) mass is 360 g/mol. The van der Waals surface area contributed by atoms with Gasteiger partial charge in [-0.1, -0.05) is 54.6 Å². The minimum absolute atomic E-state index is 0.145. The third-order valence-electron chi connectivity index (χ3n) is 5.97. The normalized spacial score (nSPS) is 23.0. The molecule has 2 aliphatic heterocycles. The molecule has 2 saturated heterocycles. The molecule has 1 amide bonds. The number of nitrogens with one attached hydrogen (secondary N) is 1. The van der Waals surface area contributed by atoms with Gasteiger partial charge in [0.2, 0.25) is 5.91 Å². The topological polar surface area (TPSA) is 32.3 Å². The van der Waals surface area contributed by atoms with Gasteiger partial charge in [0.15, 0.2) is 0 Å². The summed E-state index contributed by atoms with van der Waals surface area (Å²) in [5.41, 5.74) is 3.77. The minimum Gasteiger partial charge on any atom is -0.339 e. The number of likely N-dealkylation sites (tertiary alicyclic amines) is 1. The lowest BCUT2D eigenvalue weighted by Crippen LogP contribution is -2.52. The van der Waals surface area contributed by atoms with E-state index in [1.54, 1.807) is 6.08 Å². The number of carbonyl (C=O) groups excluding carboxylic acids is 1. The molecular formula is C24H28N2O. The van der Waals surface area contributed by atoms with E-state index in [-0.39, 0.29) is 5.91 Å². The maximum atomic E-state index is 12.7. The maximum Gasteiger partial charge on any atom is 0.246 e. The molecule has 2 heterocycles. The molecule has 1 unspecified atom stereocenters. The molecule has 1 atom stereocenters. The molecule has 0 saturated carbocycles. The minimum atomic E-state index is 0.145. The molecule has 0 aromatic heterocycles. The van der Waals surface area contributed by atoms with Gasteiger partial charge in [0.1, 0.15) is 0 Å². The molecule has 0 aliphatic carbocycles. The maximum absolute atomic E-state index is 12.7. The summed E-state index contributed by atoms with van der Waals surface area (Å²) in [6, 6.07) is 18.7. The Balaban J connectivity index is 1.39. The molecule has 1 spiro atoms. The smallest absolute Gasteiger partial charge is 0.246 e. The van der Waals surface area contributed by atoms with E-state index < -0.39 is 0 Å². The molecule has 27 heavy (non-hydrogen) atoms. The third-order valence-corrected chi connectivity index (χ3v) is 5.97. The van der Waals surface area contributed by atoms with Crippen molar-refractivity contribution in [1.29, 1.82) is 0 Å². The first-order chi connectivity index (χ1) is 13.2. The zero-order valence-electron chi connectivity index (χ0n) is 15.9. The van der Waals surface area contributed by atoms with Gasteiger partial charge in [-0.15, -0.1) is 0 Å². The highest BCUT2D eigenvalue weighted by molar-refractivity contribution is 5.92. The van der Waals surface area contributed by atoms with Crippen molar-refractivity contribution >= 4 is 12.0 Å². The fourth-order valence-electron chi connectivity index (χ4n) is 4.46. The van der Waals surface area contributed by atoms with Crippen molar-refractivity contribution in [2.75, 3.05) is 26.2 Å². The van der Waals surface area contributed by atoms with E-state index in [2.05, 4.69) is 53.8 Å². The summed E-state index contributed by atoms with van der Waals surface area (Å²) in [5, 5.41) is 3.53. The van der Waals surface area contributed by atoms with Crippen molar-refractivity contribution in [3.63, 3.8) is 0 Å². The molecule has 2 fully saturated rings. The van der Waals surface area contributed by atoms with Crippen LogP contribution < -0.4 is 5.32 Å². The summed E-state index contributed by atoms with van der Waals surface area (Å²) in [6.45, 7) is 3.96. The Bertz CT molecular complexity index is 783. The van der Waals surface area contributed by atoms with Crippen molar-refractivity contribution in [3.05, 3.63) is 66.2 Å². The van der Waals surface area contributed by atoms with E-state index in [9.17, 15) is 4.79 Å². The van der Waals surface area contributed by atoms with E-state index in [1.807, 2.05) is 17.0 Å². The highest BCUT2D eigenvalue weighted by Gasteiger charge is 2.37. The van der Waals surface area contributed by atoms with Crippen molar-refractivity contribution in [2.45, 2.75) is 25.7 Å². The lowest BCUT2D eigenvalue weighted by atomic mass is 9.74. The molecule has 2 aromatic carbocycles. The summed E-state index contributed by atoms with van der Waals surface area (Å²) >= 11 is 0. The van der Waals surface area contributed by atoms with Gasteiger partial charge in [-0.25, -0.2) is 0 Å². The van der Waals surface area contributed by atoms with Gasteiger partial charge in [0, 0.05) is 31.1 Å². The van der Waals surface area contributed by atoms with Gasteiger partial charge in [-0.2, -0.15) is 0 Å². The Labute approximate surface area is 162 Å². The average molecular weight is 361 g/mol. The summed E-state index contributed by atoms with van der Waals surface area (Å²) in [5.74, 6) is 0.145. The largest absolute Gasteiger partial charge is 0.339 e. The number of amides is 1. The van der Waals surface area contributed by atoms with Gasteiger partial charge in [-0.3, -0.25) is 4.79 Å². The molecule has 0 bridgehead atoms.